The van der Waals surface area contributed by atoms with E-state index in [4.69, 9.17) is 58.6 Å². The van der Waals surface area contributed by atoms with Crippen LogP contribution in [0.2, 0.25) is 5.02 Å². The van der Waals surface area contributed by atoms with Crippen molar-refractivity contribution >= 4 is 89.9 Å². The molecule has 25 heteroatoms. The third kappa shape index (κ3) is 12.4. The van der Waals surface area contributed by atoms with Crippen LogP contribution in [-0.4, -0.2) is 142 Å². The molecule has 7 rings (SSSR count). The molecule has 402 valence electrons. The Kier molecular flexibility index (Phi) is 17.5. The number of ether oxygens (including phenoxy) is 5. The Morgan fingerprint density at radius 1 is 0.921 bits per heavy atom. The van der Waals surface area contributed by atoms with Crippen molar-refractivity contribution in [2.45, 2.75) is 95.5 Å². The zero-order chi connectivity index (χ0) is 55.3. The van der Waals surface area contributed by atoms with Gasteiger partial charge < -0.3 is 43.8 Å². The molecule has 0 spiro atoms. The number of halogens is 1. The van der Waals surface area contributed by atoms with Crippen molar-refractivity contribution in [1.29, 1.82) is 0 Å². The minimum atomic E-state index is -1.91. The molecule has 76 heavy (non-hydrogen) atoms. The van der Waals surface area contributed by atoms with E-state index in [1.165, 1.54) is 36.2 Å². The Hall–Kier alpha value is -7.05. The van der Waals surface area contributed by atoms with Crippen LogP contribution in [0.4, 0.5) is 9.59 Å². The smallest absolute Gasteiger partial charge is 0.378 e. The number of fused-ring (bicyclic) bond motifs is 1. The summed E-state index contributed by atoms with van der Waals surface area (Å²) in [6.45, 7) is 9.04. The van der Waals surface area contributed by atoms with Crippen molar-refractivity contribution in [2.24, 2.45) is 16.8 Å². The zero-order valence-corrected chi connectivity index (χ0v) is 45.5. The van der Waals surface area contributed by atoms with Gasteiger partial charge in [-0.1, -0.05) is 52.8 Å². The monoisotopic (exact) mass is 1100 g/mol. The molecule has 3 aliphatic heterocycles. The van der Waals surface area contributed by atoms with E-state index in [-0.39, 0.29) is 85.7 Å². The van der Waals surface area contributed by atoms with E-state index in [0.717, 1.165) is 37.8 Å². The number of primary amides is 1. The first-order valence-corrected chi connectivity index (χ1v) is 26.0. The molecule has 3 aromatic carbocycles. The molecule has 21 nitrogen and oxygen atoms in total. The maximum atomic E-state index is 14.4. The number of nitrogens with two attached hydrogens (primary N) is 1. The molecule has 0 aliphatic carbocycles. The summed E-state index contributed by atoms with van der Waals surface area (Å²) in [6, 6.07) is 15.7. The molecule has 3 fully saturated rings. The van der Waals surface area contributed by atoms with Crippen LogP contribution in [0.1, 0.15) is 86.1 Å². The molecule has 2 N–H and O–H groups in total. The van der Waals surface area contributed by atoms with Crippen LogP contribution in [0.25, 0.3) is 0 Å². The number of aryl methyl sites for hydroxylation is 1. The SMILES string of the molecule is [B]OC(=O)[C@@]1(N2CCN(N(CCCC(=O)c3ccc(OCc4ccc(OC)cc4)c(OCc4ccc(OC)cc4)c3Cl)C(N)=O)C2=O)CN2C(=O)C(CC(=O)/C(=N\OC(C)(C)C(=O)OC(C)(C)C)c3csc(C)n3)[C@H]2S1. The fourth-order valence-electron chi connectivity index (χ4n) is 8.36. The van der Waals surface area contributed by atoms with Gasteiger partial charge in [0, 0.05) is 36.9 Å². The number of nitrogens with zero attached hydrogens (tertiary/aromatic N) is 6. The third-order valence-electron chi connectivity index (χ3n) is 12.4. The number of hydrazine groups is 1. The molecule has 0 saturated carbocycles. The number of oxime groups is 1. The molecule has 0 bridgehead atoms. The largest absolute Gasteiger partial charge is 0.541 e. The van der Waals surface area contributed by atoms with Crippen molar-refractivity contribution in [1.82, 2.24) is 24.8 Å². The average Bonchev–Trinajstić information content (AvgIpc) is 4.11. The van der Waals surface area contributed by atoms with Gasteiger partial charge in [-0.3, -0.25) is 24.1 Å². The van der Waals surface area contributed by atoms with Gasteiger partial charge in [0.1, 0.15) is 36.0 Å². The average molecular weight is 1100 g/mol. The van der Waals surface area contributed by atoms with Gasteiger partial charge >= 0.3 is 32.0 Å². The second-order valence-electron chi connectivity index (χ2n) is 19.3. The van der Waals surface area contributed by atoms with E-state index in [9.17, 15) is 33.6 Å². The van der Waals surface area contributed by atoms with E-state index in [0.29, 0.717) is 16.5 Å². The summed E-state index contributed by atoms with van der Waals surface area (Å²) in [4.78, 5) is 106. The number of carbonyl (C=O) groups is 7. The first-order valence-electron chi connectivity index (χ1n) is 23.9. The van der Waals surface area contributed by atoms with E-state index >= 15 is 0 Å². The number of esters is 1. The molecule has 3 atom stereocenters. The summed E-state index contributed by atoms with van der Waals surface area (Å²) < 4.78 is 33.1. The first kappa shape index (κ1) is 56.7. The number of ketones is 2. The molecule has 4 heterocycles. The topological polar surface area (TPSA) is 248 Å². The van der Waals surface area contributed by atoms with Crippen LogP contribution >= 0.6 is 34.7 Å². The van der Waals surface area contributed by atoms with Gasteiger partial charge in [0.05, 0.1) is 48.6 Å². The molecule has 1 unspecified atom stereocenters. The van der Waals surface area contributed by atoms with Crippen molar-refractivity contribution in [2.75, 3.05) is 40.4 Å². The Morgan fingerprint density at radius 2 is 1.55 bits per heavy atom. The van der Waals surface area contributed by atoms with Crippen LogP contribution in [0.15, 0.2) is 71.2 Å². The number of methoxy groups -OCH3 is 2. The predicted molar refractivity (Wildman–Crippen MR) is 280 cm³/mol. The highest BCUT2D eigenvalue weighted by Crippen LogP contribution is 2.53. The number of thiazole rings is 1. The van der Waals surface area contributed by atoms with E-state index in [1.807, 2.05) is 24.3 Å². The Bertz CT molecular complexity index is 2900. The fourth-order valence-corrected chi connectivity index (χ4v) is 11.0. The van der Waals surface area contributed by atoms with Crippen LogP contribution in [-0.2, 0) is 46.6 Å². The number of thioether (sulfide) groups is 1. The first-order chi connectivity index (χ1) is 36.0. The summed E-state index contributed by atoms with van der Waals surface area (Å²) in [5.74, 6) is -2.60. The molecular formula is C51H57BClN7O14S2. The van der Waals surface area contributed by atoms with Crippen molar-refractivity contribution in [3.63, 3.8) is 0 Å². The number of aromatic nitrogens is 1. The van der Waals surface area contributed by atoms with Crippen LogP contribution in [0.3, 0.4) is 0 Å². The Balaban J connectivity index is 1.02. The van der Waals surface area contributed by atoms with Crippen LogP contribution in [0, 0.1) is 12.8 Å². The number of β-lactam (4-membered cyclic amide) rings is 1. The number of hydrogen-bond donors (Lipinski definition) is 1. The summed E-state index contributed by atoms with van der Waals surface area (Å²) in [5.41, 5.74) is 5.04. The molecule has 4 aromatic rings. The van der Waals surface area contributed by atoms with Gasteiger partial charge in [-0.15, -0.1) is 11.3 Å². The second kappa shape index (κ2) is 23.5. The van der Waals surface area contributed by atoms with Crippen molar-refractivity contribution < 1.29 is 66.7 Å². The van der Waals surface area contributed by atoms with Crippen LogP contribution < -0.4 is 24.7 Å². The fraction of sp³-hybridized carbons (Fsp3) is 0.431. The van der Waals surface area contributed by atoms with Gasteiger partial charge in [-0.25, -0.2) is 29.4 Å². The highest BCUT2D eigenvalue weighted by atomic mass is 35.5. The quantitative estimate of drug-likeness (QED) is 0.0204. The highest BCUT2D eigenvalue weighted by Gasteiger charge is 2.66. The van der Waals surface area contributed by atoms with Crippen molar-refractivity contribution in [3.05, 3.63) is 98.5 Å². The molecular weight excluding hydrogens is 1040 g/mol. The lowest BCUT2D eigenvalue weighted by Crippen LogP contribution is -2.60. The standard InChI is InChI=1S/C51H57BClN7O14S2/c1-29-55-36(27-75-29)41(56-74-50(5,6)45(64)72-49(2,3)4)38(62)24-35-43(63)57-28-51(46(65)73-52,76-44(35)57)58-22-23-60(48(58)67)59(47(54)66)21-9-10-37(61)34-19-20-39(70-25-30-11-15-32(68-7)16-12-30)42(40(34)53)71-26-31-13-17-33(69-8)18-14-31/h11-20,27,35,44H,9-10,21-26,28H2,1-8H3,(H2,54,66)/b56-41-/t35?,44-,51-/m1/s1. The lowest BCUT2D eigenvalue weighted by Gasteiger charge is -2.40. The van der Waals surface area contributed by atoms with E-state index in [2.05, 4.69) is 10.1 Å². The van der Waals surface area contributed by atoms with Gasteiger partial charge in [0.25, 0.3) is 0 Å². The Labute approximate surface area is 453 Å². The number of rotatable bonds is 23. The maximum absolute atomic E-state index is 14.4. The lowest BCUT2D eigenvalue weighted by molar-refractivity contribution is -0.179. The number of hydrogen-bond acceptors (Lipinski definition) is 18. The Morgan fingerprint density at radius 3 is 2.12 bits per heavy atom. The zero-order valence-electron chi connectivity index (χ0n) is 43.1. The third-order valence-corrected chi connectivity index (χ3v) is 15.2. The molecule has 2 radical (unpaired) electrons. The number of amides is 5. The van der Waals surface area contributed by atoms with E-state index in [1.54, 1.807) is 77.6 Å². The molecule has 3 saturated heterocycles. The summed E-state index contributed by atoms with van der Waals surface area (Å²) >= 11 is 9.07. The molecule has 3 aliphatic rings. The molecule has 1 aromatic heterocycles. The molecule has 5 amide bonds. The lowest BCUT2D eigenvalue weighted by atomic mass is 9.90. The van der Waals surface area contributed by atoms with Crippen molar-refractivity contribution in [3.8, 4) is 23.0 Å². The second-order valence-corrected chi connectivity index (χ2v) is 22.1. The summed E-state index contributed by atoms with van der Waals surface area (Å²) in [5, 5.41) is 7.46. The van der Waals surface area contributed by atoms with Crippen LogP contribution in [0.5, 0.6) is 23.0 Å². The predicted octanol–water partition coefficient (Wildman–Crippen LogP) is 6.63. The van der Waals surface area contributed by atoms with Gasteiger partial charge in [0.2, 0.25) is 16.4 Å². The number of urea groups is 2. The van der Waals surface area contributed by atoms with Gasteiger partial charge in [0.15, 0.2) is 28.8 Å². The highest BCUT2D eigenvalue weighted by molar-refractivity contribution is 8.02. The minimum absolute atomic E-state index is 0.000263. The number of carbonyl (C=O) groups excluding carboxylic acids is 7. The van der Waals surface area contributed by atoms with E-state index < -0.39 is 75.3 Å². The summed E-state index contributed by atoms with van der Waals surface area (Å²) in [6.07, 6.45) is -0.550. The normalized spacial score (nSPS) is 18.4. The van der Waals surface area contributed by atoms with Gasteiger partial charge in [-0.2, -0.15) is 0 Å². The maximum Gasteiger partial charge on any atom is 0.378 e. The van der Waals surface area contributed by atoms with Gasteiger partial charge in [-0.05, 0) is 95.5 Å². The minimum Gasteiger partial charge on any atom is -0.541 e. The number of Topliss-reactive ketones (excluding diaryl/α,β-unsaturated/α-hetero) is 2. The number of benzene rings is 3. The summed E-state index contributed by atoms with van der Waals surface area (Å²) in [7, 11) is 8.60.